The predicted octanol–water partition coefficient (Wildman–Crippen LogP) is 4.15. The van der Waals surface area contributed by atoms with Crippen molar-refractivity contribution in [1.29, 1.82) is 0 Å². The molecular weight excluding hydrogens is 406 g/mol. The third-order valence-corrected chi connectivity index (χ3v) is 6.50. The van der Waals surface area contributed by atoms with E-state index in [1.165, 1.54) is 6.07 Å². The molecule has 1 unspecified atom stereocenters. The van der Waals surface area contributed by atoms with Crippen LogP contribution in [0.4, 0.5) is 20.3 Å². The third kappa shape index (κ3) is 3.17. The maximum Gasteiger partial charge on any atom is 0.308 e. The van der Waals surface area contributed by atoms with Gasteiger partial charge in [0.2, 0.25) is 5.69 Å². The number of pyridine rings is 2. The smallest absolute Gasteiger partial charge is 0.308 e. The van der Waals surface area contributed by atoms with Crippen LogP contribution in [0.3, 0.4) is 0 Å². The zero-order valence-corrected chi connectivity index (χ0v) is 16.3. The van der Waals surface area contributed by atoms with E-state index in [-0.39, 0.29) is 40.4 Å². The molecule has 6 rings (SSSR count). The van der Waals surface area contributed by atoms with Gasteiger partial charge < -0.3 is 10.4 Å². The first-order valence-electron chi connectivity index (χ1n) is 10.0. The molecule has 0 spiro atoms. The number of fused-ring (bicyclic) bond motifs is 4. The Balaban J connectivity index is 1.58. The highest BCUT2D eigenvalue weighted by Gasteiger charge is 2.47. The number of hydrogen-bond acceptors (Lipinski definition) is 5. The molecule has 3 aromatic rings. The summed E-state index contributed by atoms with van der Waals surface area (Å²) in [7, 11) is 0. The number of aliphatic carboxylic acids is 1. The van der Waals surface area contributed by atoms with Gasteiger partial charge in [-0.2, -0.15) is 5.10 Å². The molecule has 10 heteroatoms. The minimum absolute atomic E-state index is 0.0515. The number of anilines is 1. The molecule has 3 aliphatic rings. The van der Waals surface area contributed by atoms with Crippen LogP contribution in [0.15, 0.2) is 18.3 Å². The van der Waals surface area contributed by atoms with Gasteiger partial charge in [-0.1, -0.05) is 0 Å². The van der Waals surface area contributed by atoms with Crippen LogP contribution in [0.25, 0.3) is 27.3 Å². The first kappa shape index (κ1) is 19.4. The lowest BCUT2D eigenvalue weighted by atomic mass is 9.61. The molecule has 2 bridgehead atoms. The molecule has 2 atom stereocenters. The Morgan fingerprint density at radius 2 is 1.97 bits per heavy atom. The van der Waals surface area contributed by atoms with Gasteiger partial charge in [0.1, 0.15) is 5.82 Å². The van der Waals surface area contributed by atoms with Gasteiger partial charge in [0.05, 0.1) is 30.1 Å². The monoisotopic (exact) mass is 424 g/mol. The van der Waals surface area contributed by atoms with Crippen molar-refractivity contribution in [3.63, 3.8) is 0 Å². The molecule has 158 valence electrons. The second kappa shape index (κ2) is 7.27. The highest BCUT2D eigenvalue weighted by Crippen LogP contribution is 2.46. The summed E-state index contributed by atoms with van der Waals surface area (Å²) in [5.41, 5.74) is 0.513. The van der Waals surface area contributed by atoms with Crippen LogP contribution < -0.4 is 5.32 Å². The topological polar surface area (TPSA) is 108 Å². The van der Waals surface area contributed by atoms with Crippen molar-refractivity contribution in [2.45, 2.75) is 31.7 Å². The molecule has 3 aromatic heterocycles. The van der Waals surface area contributed by atoms with Crippen molar-refractivity contribution in [3.05, 3.63) is 41.4 Å². The van der Waals surface area contributed by atoms with Gasteiger partial charge >= 0.3 is 5.97 Å². The van der Waals surface area contributed by atoms with E-state index in [0.717, 1.165) is 37.9 Å². The lowest BCUT2D eigenvalue weighted by Crippen LogP contribution is -2.51. The number of nitrogens with zero attached hydrogens (tertiary/aromatic N) is 4. The Labute approximate surface area is 175 Å². The van der Waals surface area contributed by atoms with E-state index in [2.05, 4.69) is 30.3 Å². The van der Waals surface area contributed by atoms with Gasteiger partial charge in [-0.3, -0.25) is 9.89 Å². The van der Waals surface area contributed by atoms with E-state index < -0.39 is 29.6 Å². The molecule has 0 radical (unpaired) electrons. The lowest BCUT2D eigenvalue weighted by Gasteiger charge is -2.47. The normalized spacial score (nSPS) is 24.8. The van der Waals surface area contributed by atoms with Crippen LogP contribution in [-0.4, -0.2) is 37.3 Å². The van der Waals surface area contributed by atoms with E-state index in [9.17, 15) is 18.7 Å². The molecule has 8 nitrogen and oxygen atoms in total. The first-order valence-corrected chi connectivity index (χ1v) is 10.0. The van der Waals surface area contributed by atoms with E-state index in [1.54, 1.807) is 0 Å². The van der Waals surface area contributed by atoms with Crippen LogP contribution in [-0.2, 0) is 4.79 Å². The minimum Gasteiger partial charge on any atom is -0.481 e. The summed E-state index contributed by atoms with van der Waals surface area (Å²) < 4.78 is 28.6. The predicted molar refractivity (Wildman–Crippen MR) is 107 cm³/mol. The molecule has 0 aromatic carbocycles. The maximum absolute atomic E-state index is 14.8. The summed E-state index contributed by atoms with van der Waals surface area (Å²) in [6, 6.07) is 1.82. The average molecular weight is 424 g/mol. The standard InChI is InChI=1S/C21H18F2N6O2/c1-24-14-7-13(23)20(26-16-10-4-2-9(3-5-10)15(16)21(30)31)27-18(14)17-12-6-11(22)8-25-19(12)29-28-17/h6-10,15-16H,2-5H2,(H,26,27)(H,30,31)(H,25,28,29)/t9?,10?,15-,16?/m0/s1. The Bertz CT molecular complexity index is 1230. The van der Waals surface area contributed by atoms with E-state index in [1.807, 2.05) is 0 Å². The fourth-order valence-electron chi connectivity index (χ4n) is 5.07. The molecular formula is C21H18F2N6O2. The van der Waals surface area contributed by atoms with E-state index >= 15 is 0 Å². The number of aromatic nitrogens is 4. The van der Waals surface area contributed by atoms with Crippen molar-refractivity contribution < 1.29 is 18.7 Å². The summed E-state index contributed by atoms with van der Waals surface area (Å²) in [4.78, 5) is 23.5. The second-order valence-corrected chi connectivity index (χ2v) is 8.13. The highest BCUT2D eigenvalue weighted by molar-refractivity contribution is 5.93. The van der Waals surface area contributed by atoms with Gasteiger partial charge in [-0.15, -0.1) is 0 Å². The van der Waals surface area contributed by atoms with Crippen molar-refractivity contribution in [3.8, 4) is 11.4 Å². The maximum atomic E-state index is 14.8. The minimum atomic E-state index is -0.897. The molecule has 3 N–H and O–H groups in total. The molecule has 3 heterocycles. The molecule has 0 amide bonds. The van der Waals surface area contributed by atoms with Gasteiger partial charge in [0.25, 0.3) is 0 Å². The van der Waals surface area contributed by atoms with Gasteiger partial charge in [0, 0.05) is 11.4 Å². The number of hydrogen-bond donors (Lipinski definition) is 3. The van der Waals surface area contributed by atoms with E-state index in [0.29, 0.717) is 5.39 Å². The fraction of sp³-hybridized carbons (Fsp3) is 0.381. The van der Waals surface area contributed by atoms with Gasteiger partial charge in [-0.05, 0) is 49.7 Å². The number of H-pyrrole nitrogens is 1. The van der Waals surface area contributed by atoms with Crippen molar-refractivity contribution in [2.24, 2.45) is 17.8 Å². The summed E-state index contributed by atoms with van der Waals surface area (Å²) in [5, 5.41) is 19.8. The zero-order chi connectivity index (χ0) is 21.7. The molecule has 0 saturated heterocycles. The number of rotatable bonds is 4. The van der Waals surface area contributed by atoms with Crippen LogP contribution in [0, 0.1) is 36.0 Å². The number of carboxylic acid groups (broad SMARTS) is 1. The van der Waals surface area contributed by atoms with Crippen molar-refractivity contribution in [1.82, 2.24) is 20.2 Å². The van der Waals surface area contributed by atoms with Crippen LogP contribution >= 0.6 is 0 Å². The summed E-state index contributed by atoms with van der Waals surface area (Å²) in [5.74, 6) is -2.80. The van der Waals surface area contributed by atoms with Crippen molar-refractivity contribution in [2.75, 3.05) is 5.32 Å². The molecule has 3 aliphatic carbocycles. The second-order valence-electron chi connectivity index (χ2n) is 8.13. The Kier molecular flexibility index (Phi) is 4.54. The zero-order valence-electron chi connectivity index (χ0n) is 16.3. The quantitative estimate of drug-likeness (QED) is 0.543. The number of nitrogens with one attached hydrogen (secondary N) is 2. The average Bonchev–Trinajstić information content (AvgIpc) is 3.18. The lowest BCUT2D eigenvalue weighted by molar-refractivity contribution is -0.148. The molecule has 31 heavy (non-hydrogen) atoms. The summed E-state index contributed by atoms with van der Waals surface area (Å²) in [6.45, 7) is 7.41. The van der Waals surface area contributed by atoms with Crippen molar-refractivity contribution >= 4 is 28.5 Å². The van der Waals surface area contributed by atoms with Crippen LogP contribution in [0.5, 0.6) is 0 Å². The van der Waals surface area contributed by atoms with Gasteiger partial charge in [0.15, 0.2) is 17.3 Å². The molecule has 3 saturated carbocycles. The number of carboxylic acids is 1. The number of halogens is 2. The van der Waals surface area contributed by atoms with Gasteiger partial charge in [-0.25, -0.2) is 23.6 Å². The Morgan fingerprint density at radius 1 is 1.23 bits per heavy atom. The Morgan fingerprint density at radius 3 is 2.68 bits per heavy atom. The Hall–Kier alpha value is -3.61. The largest absolute Gasteiger partial charge is 0.481 e. The SMILES string of the molecule is [C-]#[N+]c1cc(F)c(NC2C3CCC(CC3)[C@@H]2C(=O)O)nc1-c1[nH]nc2ncc(F)cc12. The highest BCUT2D eigenvalue weighted by atomic mass is 19.1. The third-order valence-electron chi connectivity index (χ3n) is 6.50. The van der Waals surface area contributed by atoms with Crippen LogP contribution in [0.2, 0.25) is 0 Å². The first-order chi connectivity index (χ1) is 15.0. The van der Waals surface area contributed by atoms with E-state index in [4.69, 9.17) is 6.57 Å². The summed E-state index contributed by atoms with van der Waals surface area (Å²) >= 11 is 0. The fourth-order valence-corrected chi connectivity index (χ4v) is 5.07. The molecule has 3 fully saturated rings. The number of carbonyl (C=O) groups is 1. The molecule has 0 aliphatic heterocycles. The number of aromatic amines is 1. The summed E-state index contributed by atoms with van der Waals surface area (Å²) in [6.07, 6.45) is 4.51. The van der Waals surface area contributed by atoms with Crippen LogP contribution in [0.1, 0.15) is 25.7 Å².